The summed E-state index contributed by atoms with van der Waals surface area (Å²) in [7, 11) is 0. The number of fused-ring (bicyclic) bond motifs is 1. The molecule has 2 rings (SSSR count). The number of benzene rings is 1. The molecule has 1 aliphatic rings. The number of hydrogen-bond acceptors (Lipinski definition) is 4. The fraction of sp³-hybridized carbons (Fsp3) is 0.333. The smallest absolute Gasteiger partial charge is 0.243 e. The lowest BCUT2D eigenvalue weighted by atomic mass is 10.1. The van der Waals surface area contributed by atoms with Gasteiger partial charge in [-0.3, -0.25) is 4.79 Å². The van der Waals surface area contributed by atoms with Crippen molar-refractivity contribution in [3.8, 4) is 6.07 Å². The molecule has 5 heteroatoms. The first-order valence-electron chi connectivity index (χ1n) is 5.53. The maximum absolute atomic E-state index is 11.5. The Labute approximate surface area is 99.8 Å². The van der Waals surface area contributed by atoms with E-state index in [1.54, 1.807) is 12.1 Å². The minimum atomic E-state index is -0.0513. The summed E-state index contributed by atoms with van der Waals surface area (Å²) in [6.07, 6.45) is 0.840. The molecule has 0 atom stereocenters. The highest BCUT2D eigenvalue weighted by molar-refractivity contribution is 6.01. The molecule has 1 amide bonds. The molecule has 0 unspecified atom stereocenters. The van der Waals surface area contributed by atoms with E-state index in [2.05, 4.69) is 11.4 Å². The summed E-state index contributed by atoms with van der Waals surface area (Å²) in [6.45, 7) is 1.70. The standard InChI is InChI=1S/C12H14N4O/c13-4-1-5-16-8-12(17)15-10-6-9(7-14)2-3-11(10)16/h2-3,6H,1,4-5,8,13H2,(H,15,17). The van der Waals surface area contributed by atoms with Crippen molar-refractivity contribution in [3.63, 3.8) is 0 Å². The SMILES string of the molecule is N#Cc1ccc2c(c1)NC(=O)CN2CCCN. The summed E-state index contributed by atoms with van der Waals surface area (Å²) in [5.74, 6) is -0.0513. The monoisotopic (exact) mass is 230 g/mol. The molecule has 0 radical (unpaired) electrons. The third-order valence-electron chi connectivity index (χ3n) is 2.71. The first-order valence-corrected chi connectivity index (χ1v) is 5.53. The molecule has 0 fully saturated rings. The van der Waals surface area contributed by atoms with Gasteiger partial charge < -0.3 is 16.0 Å². The van der Waals surface area contributed by atoms with Crippen LogP contribution in [0.25, 0.3) is 0 Å². The van der Waals surface area contributed by atoms with Gasteiger partial charge >= 0.3 is 0 Å². The second-order valence-corrected chi connectivity index (χ2v) is 3.96. The molecule has 0 saturated carbocycles. The van der Waals surface area contributed by atoms with Gasteiger partial charge in [0, 0.05) is 6.54 Å². The van der Waals surface area contributed by atoms with Crippen molar-refractivity contribution in [1.29, 1.82) is 5.26 Å². The molecule has 17 heavy (non-hydrogen) atoms. The molecule has 3 N–H and O–H groups in total. The van der Waals surface area contributed by atoms with Crippen LogP contribution in [0.5, 0.6) is 0 Å². The Morgan fingerprint density at radius 3 is 3.06 bits per heavy atom. The van der Waals surface area contributed by atoms with Crippen LogP contribution in [0.15, 0.2) is 18.2 Å². The number of rotatable bonds is 3. The summed E-state index contributed by atoms with van der Waals surface area (Å²) in [5, 5.41) is 11.6. The van der Waals surface area contributed by atoms with E-state index in [1.165, 1.54) is 0 Å². The lowest BCUT2D eigenvalue weighted by Crippen LogP contribution is -2.39. The molecule has 1 aromatic rings. The quantitative estimate of drug-likeness (QED) is 0.799. The average Bonchev–Trinajstić information content (AvgIpc) is 2.34. The number of nitrogens with zero attached hydrogens (tertiary/aromatic N) is 2. The molecular formula is C12H14N4O. The molecule has 0 bridgehead atoms. The van der Waals surface area contributed by atoms with Crippen molar-refractivity contribution in [2.24, 2.45) is 5.73 Å². The minimum Gasteiger partial charge on any atom is -0.360 e. The number of anilines is 2. The van der Waals surface area contributed by atoms with Crippen LogP contribution in [-0.4, -0.2) is 25.5 Å². The second-order valence-electron chi connectivity index (χ2n) is 3.96. The number of carbonyl (C=O) groups excluding carboxylic acids is 1. The van der Waals surface area contributed by atoms with Crippen molar-refractivity contribution in [2.75, 3.05) is 29.9 Å². The highest BCUT2D eigenvalue weighted by atomic mass is 16.2. The largest absolute Gasteiger partial charge is 0.360 e. The Kier molecular flexibility index (Phi) is 3.26. The number of amides is 1. The van der Waals surface area contributed by atoms with Gasteiger partial charge in [-0.05, 0) is 31.2 Å². The fourth-order valence-corrected chi connectivity index (χ4v) is 1.91. The lowest BCUT2D eigenvalue weighted by Gasteiger charge is -2.30. The number of nitrogens with one attached hydrogen (secondary N) is 1. The minimum absolute atomic E-state index is 0.0513. The molecule has 1 aromatic carbocycles. The van der Waals surface area contributed by atoms with Crippen LogP contribution in [0.3, 0.4) is 0 Å². The van der Waals surface area contributed by atoms with Gasteiger partial charge in [-0.1, -0.05) is 0 Å². The summed E-state index contributed by atoms with van der Waals surface area (Å²) >= 11 is 0. The number of carbonyl (C=O) groups is 1. The summed E-state index contributed by atoms with van der Waals surface area (Å²) < 4.78 is 0. The Bertz CT molecular complexity index is 478. The van der Waals surface area contributed by atoms with Crippen LogP contribution in [-0.2, 0) is 4.79 Å². The molecule has 0 aromatic heterocycles. The van der Waals surface area contributed by atoms with Gasteiger partial charge in [0.15, 0.2) is 0 Å². The third-order valence-corrected chi connectivity index (χ3v) is 2.71. The van der Waals surface area contributed by atoms with Crippen molar-refractivity contribution in [3.05, 3.63) is 23.8 Å². The highest BCUT2D eigenvalue weighted by Crippen LogP contribution is 2.30. The van der Waals surface area contributed by atoms with Gasteiger partial charge in [0.1, 0.15) is 0 Å². The molecular weight excluding hydrogens is 216 g/mol. The van der Waals surface area contributed by atoms with E-state index >= 15 is 0 Å². The third kappa shape index (κ3) is 2.37. The molecule has 0 spiro atoms. The van der Waals surface area contributed by atoms with Crippen molar-refractivity contribution in [1.82, 2.24) is 0 Å². The van der Waals surface area contributed by atoms with Crippen LogP contribution in [0.4, 0.5) is 11.4 Å². The Morgan fingerprint density at radius 2 is 2.35 bits per heavy atom. The van der Waals surface area contributed by atoms with Gasteiger partial charge in [-0.15, -0.1) is 0 Å². The van der Waals surface area contributed by atoms with Crippen molar-refractivity contribution in [2.45, 2.75) is 6.42 Å². The van der Waals surface area contributed by atoms with E-state index in [0.29, 0.717) is 24.3 Å². The Morgan fingerprint density at radius 1 is 1.53 bits per heavy atom. The fourth-order valence-electron chi connectivity index (χ4n) is 1.91. The van der Waals surface area contributed by atoms with Crippen molar-refractivity contribution < 1.29 is 4.79 Å². The maximum Gasteiger partial charge on any atom is 0.243 e. The van der Waals surface area contributed by atoms with E-state index in [-0.39, 0.29) is 5.91 Å². The normalized spacial score (nSPS) is 13.9. The zero-order valence-corrected chi connectivity index (χ0v) is 9.44. The topological polar surface area (TPSA) is 82.2 Å². The van der Waals surface area contributed by atoms with E-state index in [0.717, 1.165) is 18.7 Å². The lowest BCUT2D eigenvalue weighted by molar-refractivity contribution is -0.115. The van der Waals surface area contributed by atoms with Gasteiger partial charge in [0.05, 0.1) is 29.6 Å². The Hall–Kier alpha value is -2.06. The van der Waals surface area contributed by atoms with Crippen LogP contribution < -0.4 is 16.0 Å². The van der Waals surface area contributed by atoms with E-state index in [9.17, 15) is 4.79 Å². The van der Waals surface area contributed by atoms with E-state index < -0.39 is 0 Å². The van der Waals surface area contributed by atoms with Crippen LogP contribution in [0.2, 0.25) is 0 Å². The first-order chi connectivity index (χ1) is 8.24. The zero-order chi connectivity index (χ0) is 12.3. The zero-order valence-electron chi connectivity index (χ0n) is 9.44. The predicted molar refractivity (Wildman–Crippen MR) is 65.7 cm³/mol. The van der Waals surface area contributed by atoms with Crippen LogP contribution >= 0.6 is 0 Å². The Balaban J connectivity index is 2.30. The first kappa shape index (κ1) is 11.4. The molecule has 5 nitrogen and oxygen atoms in total. The summed E-state index contributed by atoms with van der Waals surface area (Å²) in [4.78, 5) is 13.5. The van der Waals surface area contributed by atoms with Gasteiger partial charge in [0.25, 0.3) is 0 Å². The van der Waals surface area contributed by atoms with Gasteiger partial charge in [0.2, 0.25) is 5.91 Å². The average molecular weight is 230 g/mol. The summed E-state index contributed by atoms with van der Waals surface area (Å²) in [5.41, 5.74) is 7.68. The highest BCUT2D eigenvalue weighted by Gasteiger charge is 2.21. The van der Waals surface area contributed by atoms with Gasteiger partial charge in [-0.2, -0.15) is 5.26 Å². The van der Waals surface area contributed by atoms with E-state index in [4.69, 9.17) is 11.0 Å². The molecule has 1 aliphatic heterocycles. The number of nitrogens with two attached hydrogens (primary N) is 1. The second kappa shape index (κ2) is 4.85. The maximum atomic E-state index is 11.5. The van der Waals surface area contributed by atoms with Crippen LogP contribution in [0.1, 0.15) is 12.0 Å². The van der Waals surface area contributed by atoms with E-state index in [1.807, 2.05) is 11.0 Å². The summed E-state index contributed by atoms with van der Waals surface area (Å²) in [6, 6.07) is 7.38. The molecule has 88 valence electrons. The predicted octanol–water partition coefficient (Wildman–Crippen LogP) is 0.666. The number of nitriles is 1. The molecule has 0 aliphatic carbocycles. The molecule has 0 saturated heterocycles. The molecule has 1 heterocycles. The van der Waals surface area contributed by atoms with Crippen molar-refractivity contribution >= 4 is 17.3 Å². The van der Waals surface area contributed by atoms with Crippen LogP contribution in [0, 0.1) is 11.3 Å². The van der Waals surface area contributed by atoms with Gasteiger partial charge in [-0.25, -0.2) is 0 Å². The number of hydrogen-bond donors (Lipinski definition) is 2.